The molecule has 1 aliphatic heterocycles. The molecule has 0 radical (unpaired) electrons. The lowest BCUT2D eigenvalue weighted by molar-refractivity contribution is 0.0949. The molecule has 0 fully saturated rings. The fraction of sp³-hybridized carbons (Fsp3) is 0.125. The van der Waals surface area contributed by atoms with Crippen molar-refractivity contribution < 1.29 is 4.79 Å². The van der Waals surface area contributed by atoms with Crippen LogP contribution in [-0.2, 0) is 0 Å². The number of nitrogens with zero attached hydrogens (tertiary/aromatic N) is 1. The fourth-order valence-electron chi connectivity index (χ4n) is 1.21. The number of carbonyl (C=O) groups excluding carboxylic acids is 1. The Labute approximate surface area is 69.4 Å². The van der Waals surface area contributed by atoms with Crippen LogP contribution in [0.4, 0.5) is 5.69 Å². The van der Waals surface area contributed by atoms with Crippen molar-refractivity contribution in [3.63, 3.8) is 0 Å². The molecule has 1 amide bonds. The molecule has 2 rings (SSSR count). The number of rotatable bonds is 0. The third kappa shape index (κ3) is 0.931. The molecule has 1 aromatic carbocycles. The average Bonchev–Trinajstić information content (AvgIpc) is 2.12. The number of benzene rings is 1. The zero-order valence-corrected chi connectivity index (χ0v) is 6.28. The van der Waals surface area contributed by atoms with Gasteiger partial charge in [-0.1, -0.05) is 12.1 Å². The predicted molar refractivity (Wildman–Crippen MR) is 44.6 cm³/mol. The molecule has 1 aliphatic rings. The van der Waals surface area contributed by atoms with E-state index in [1.807, 2.05) is 0 Å². The van der Waals surface area contributed by atoms with Gasteiger partial charge in [0.2, 0.25) is 0 Å². The normalized spacial score (nSPS) is 15.4. The van der Waals surface area contributed by atoms with Crippen LogP contribution in [-0.4, -0.2) is 12.6 Å². The Morgan fingerprint density at radius 2 is 2.17 bits per heavy atom. The van der Waals surface area contributed by atoms with Crippen molar-refractivity contribution in [2.24, 2.45) is 0 Å². The molecule has 12 heavy (non-hydrogen) atoms. The van der Waals surface area contributed by atoms with Gasteiger partial charge in [0.25, 0.3) is 5.91 Å². The summed E-state index contributed by atoms with van der Waals surface area (Å²) in [6, 6.07) is 6.75. The summed E-state index contributed by atoms with van der Waals surface area (Å²) in [7, 11) is 0. The highest BCUT2D eigenvalue weighted by molar-refractivity contribution is 6.01. The topological polar surface area (TPSA) is 55.4 Å². The third-order valence-corrected chi connectivity index (χ3v) is 1.80. The van der Waals surface area contributed by atoms with Gasteiger partial charge in [-0.15, -0.1) is 0 Å². The maximum absolute atomic E-state index is 11.2. The Bertz CT molecular complexity index is 325. The molecule has 1 heterocycles. The first-order valence-corrected chi connectivity index (χ1v) is 3.61. The number of anilines is 1. The Morgan fingerprint density at radius 3 is 2.92 bits per heavy atom. The van der Waals surface area contributed by atoms with Gasteiger partial charge in [-0.2, -0.15) is 0 Å². The second-order valence-corrected chi connectivity index (χ2v) is 2.56. The number of amides is 1. The van der Waals surface area contributed by atoms with Crippen LogP contribution in [0.3, 0.4) is 0 Å². The first kappa shape index (κ1) is 7.12. The van der Waals surface area contributed by atoms with Gasteiger partial charge in [0, 0.05) is 5.69 Å². The van der Waals surface area contributed by atoms with Crippen molar-refractivity contribution in [2.75, 3.05) is 11.7 Å². The molecule has 0 saturated heterocycles. The van der Waals surface area contributed by atoms with E-state index in [1.54, 1.807) is 24.3 Å². The summed E-state index contributed by atoms with van der Waals surface area (Å²) in [6.07, 6.45) is 0. The maximum atomic E-state index is 11.2. The fourth-order valence-corrected chi connectivity index (χ4v) is 1.21. The van der Waals surface area contributed by atoms with Crippen molar-refractivity contribution in [3.05, 3.63) is 35.0 Å². The first-order valence-electron chi connectivity index (χ1n) is 3.61. The number of hydrogen-bond acceptors (Lipinski definition) is 3. The minimum atomic E-state index is -0.183. The monoisotopic (exact) mass is 163 g/mol. The lowest BCUT2D eigenvalue weighted by atomic mass is 10.1. The zero-order valence-electron chi connectivity index (χ0n) is 6.28. The van der Waals surface area contributed by atoms with Gasteiger partial charge in [-0.3, -0.25) is 4.79 Å². The molecule has 0 saturated carbocycles. The molecular formula is C8H7N2O2-. The van der Waals surface area contributed by atoms with Gasteiger partial charge in [0.1, 0.15) is 0 Å². The molecule has 0 atom stereocenters. The average molecular weight is 163 g/mol. The number of carbonyl (C=O) groups is 1. The molecule has 62 valence electrons. The summed E-state index contributed by atoms with van der Waals surface area (Å²) < 4.78 is 0. The Morgan fingerprint density at radius 1 is 1.42 bits per heavy atom. The number of hydroxylamine groups is 1. The molecule has 0 unspecified atom stereocenters. The quantitative estimate of drug-likeness (QED) is 0.612. The van der Waals surface area contributed by atoms with E-state index in [4.69, 9.17) is 0 Å². The zero-order chi connectivity index (χ0) is 8.55. The van der Waals surface area contributed by atoms with Crippen LogP contribution in [0.15, 0.2) is 24.3 Å². The minimum absolute atomic E-state index is 0.0375. The molecule has 1 N–H and O–H groups in total. The standard InChI is InChI=1S/C8H7N2O2/c11-8-6-3-1-2-4-7(6)10(12)5-9-8/h1-4H,5H2,(H,9,11)/q-1. The van der Waals surface area contributed by atoms with Crippen molar-refractivity contribution in [3.8, 4) is 0 Å². The van der Waals surface area contributed by atoms with E-state index >= 15 is 0 Å². The van der Waals surface area contributed by atoms with Gasteiger partial charge in [-0.25, -0.2) is 0 Å². The van der Waals surface area contributed by atoms with Gasteiger partial charge in [0.05, 0.1) is 12.2 Å². The van der Waals surface area contributed by atoms with Crippen LogP contribution in [0.25, 0.3) is 0 Å². The Hall–Kier alpha value is -1.55. The van der Waals surface area contributed by atoms with Crippen LogP contribution in [0.5, 0.6) is 0 Å². The lowest BCUT2D eigenvalue weighted by Crippen LogP contribution is -2.40. The summed E-state index contributed by atoms with van der Waals surface area (Å²) in [5.41, 5.74) is 0.889. The van der Waals surface area contributed by atoms with Crippen molar-refractivity contribution >= 4 is 11.6 Å². The lowest BCUT2D eigenvalue weighted by Gasteiger charge is -2.35. The van der Waals surface area contributed by atoms with E-state index < -0.39 is 0 Å². The SMILES string of the molecule is O=C1NCN([O-])c2ccccc21. The smallest absolute Gasteiger partial charge is 0.254 e. The number of hydrogen-bond donors (Lipinski definition) is 1. The summed E-state index contributed by atoms with van der Waals surface area (Å²) in [5, 5.41) is 14.4. The van der Waals surface area contributed by atoms with Gasteiger partial charge >= 0.3 is 0 Å². The molecule has 0 spiro atoms. The largest absolute Gasteiger partial charge is 0.757 e. The third-order valence-electron chi connectivity index (χ3n) is 1.80. The van der Waals surface area contributed by atoms with Gasteiger partial charge in [-0.05, 0) is 12.1 Å². The van der Waals surface area contributed by atoms with Gasteiger partial charge < -0.3 is 15.6 Å². The van der Waals surface area contributed by atoms with E-state index in [0.29, 0.717) is 11.3 Å². The van der Waals surface area contributed by atoms with Crippen LogP contribution < -0.4 is 10.4 Å². The molecule has 0 aliphatic carbocycles. The summed E-state index contributed by atoms with van der Waals surface area (Å²) >= 11 is 0. The maximum Gasteiger partial charge on any atom is 0.254 e. The van der Waals surface area contributed by atoms with E-state index in [2.05, 4.69) is 5.32 Å². The molecule has 0 bridgehead atoms. The van der Waals surface area contributed by atoms with E-state index in [-0.39, 0.29) is 12.6 Å². The molecule has 4 heteroatoms. The highest BCUT2D eigenvalue weighted by Crippen LogP contribution is 2.21. The summed E-state index contributed by atoms with van der Waals surface area (Å²) in [4.78, 5) is 11.2. The highest BCUT2D eigenvalue weighted by atomic mass is 16.5. The van der Waals surface area contributed by atoms with Gasteiger partial charge in [0.15, 0.2) is 0 Å². The second-order valence-electron chi connectivity index (χ2n) is 2.56. The molecule has 1 aromatic rings. The highest BCUT2D eigenvalue weighted by Gasteiger charge is 2.15. The minimum Gasteiger partial charge on any atom is -0.757 e. The van der Waals surface area contributed by atoms with E-state index in [1.165, 1.54) is 0 Å². The van der Waals surface area contributed by atoms with E-state index in [0.717, 1.165) is 5.06 Å². The predicted octanol–water partition coefficient (Wildman–Crippen LogP) is 0.692. The summed E-state index contributed by atoms with van der Waals surface area (Å²) in [6.45, 7) is 0.0375. The van der Waals surface area contributed by atoms with Crippen molar-refractivity contribution in [2.45, 2.75) is 0 Å². The first-order chi connectivity index (χ1) is 5.79. The number of fused-ring (bicyclic) bond motifs is 1. The van der Waals surface area contributed by atoms with E-state index in [9.17, 15) is 10.0 Å². The molecular weight excluding hydrogens is 156 g/mol. The van der Waals surface area contributed by atoms with Crippen LogP contribution in [0.1, 0.15) is 10.4 Å². The second kappa shape index (κ2) is 2.49. The summed E-state index contributed by atoms with van der Waals surface area (Å²) in [5.74, 6) is -0.183. The van der Waals surface area contributed by atoms with Crippen LogP contribution >= 0.6 is 0 Å². The van der Waals surface area contributed by atoms with Crippen LogP contribution in [0.2, 0.25) is 0 Å². The molecule has 0 aromatic heterocycles. The van der Waals surface area contributed by atoms with Crippen molar-refractivity contribution in [1.82, 2.24) is 5.32 Å². The number of para-hydroxylation sites is 1. The Balaban J connectivity index is 2.55. The molecule has 4 nitrogen and oxygen atoms in total. The Kier molecular flexibility index (Phi) is 1.48. The van der Waals surface area contributed by atoms with Crippen molar-refractivity contribution in [1.29, 1.82) is 0 Å². The van der Waals surface area contributed by atoms with Crippen LogP contribution in [0, 0.1) is 5.21 Å². The number of nitrogens with one attached hydrogen (secondary N) is 1.